The van der Waals surface area contributed by atoms with E-state index in [4.69, 9.17) is 5.14 Å². The van der Waals surface area contributed by atoms with Crippen LogP contribution in [-0.4, -0.2) is 39.4 Å². The Hall–Kier alpha value is -1.44. The summed E-state index contributed by atoms with van der Waals surface area (Å²) in [6, 6.07) is 6.23. The number of hydrogen-bond donors (Lipinski definition) is 2. The molecular weight excluding hydrogens is 302 g/mol. The summed E-state index contributed by atoms with van der Waals surface area (Å²) in [4.78, 5) is 14.3. The third kappa shape index (κ3) is 3.85. The zero-order valence-corrected chi connectivity index (χ0v) is 13.8. The summed E-state index contributed by atoms with van der Waals surface area (Å²) < 4.78 is 22.5. The molecule has 22 heavy (non-hydrogen) atoms. The van der Waals surface area contributed by atoms with Crippen molar-refractivity contribution in [3.8, 4) is 0 Å². The summed E-state index contributed by atoms with van der Waals surface area (Å²) in [5.74, 6) is 0.139. The highest BCUT2D eigenvalue weighted by atomic mass is 32.2. The highest BCUT2D eigenvalue weighted by molar-refractivity contribution is 7.89. The van der Waals surface area contributed by atoms with E-state index in [0.29, 0.717) is 0 Å². The lowest BCUT2D eigenvalue weighted by Gasteiger charge is -2.31. The molecule has 2 atom stereocenters. The lowest BCUT2D eigenvalue weighted by atomic mass is 9.97. The van der Waals surface area contributed by atoms with Crippen LogP contribution in [-0.2, 0) is 14.8 Å². The van der Waals surface area contributed by atoms with E-state index >= 15 is 0 Å². The fraction of sp³-hybridized carbons (Fsp3) is 0.533. The predicted octanol–water partition coefficient (Wildman–Crippen LogP) is 0.853. The topological polar surface area (TPSA) is 92.5 Å². The zero-order chi connectivity index (χ0) is 16.3. The summed E-state index contributed by atoms with van der Waals surface area (Å²) in [6.45, 7) is 3.62. The Kier molecular flexibility index (Phi) is 5.20. The van der Waals surface area contributed by atoms with Crippen molar-refractivity contribution in [2.45, 2.75) is 30.7 Å². The molecule has 3 N–H and O–H groups in total. The lowest BCUT2D eigenvalue weighted by Crippen LogP contribution is -2.42. The van der Waals surface area contributed by atoms with E-state index in [9.17, 15) is 13.2 Å². The molecule has 0 saturated carbocycles. The van der Waals surface area contributed by atoms with E-state index in [1.807, 2.05) is 6.92 Å². The van der Waals surface area contributed by atoms with Gasteiger partial charge in [-0.3, -0.25) is 4.79 Å². The van der Waals surface area contributed by atoms with Gasteiger partial charge in [0, 0.05) is 13.6 Å². The van der Waals surface area contributed by atoms with Crippen LogP contribution in [0, 0.1) is 5.92 Å². The first-order valence-corrected chi connectivity index (χ1v) is 8.95. The van der Waals surface area contributed by atoms with Crippen LogP contribution in [0.2, 0.25) is 0 Å². The Morgan fingerprint density at radius 2 is 2.00 bits per heavy atom. The molecule has 1 aromatic rings. The van der Waals surface area contributed by atoms with Crippen molar-refractivity contribution in [3.05, 3.63) is 29.8 Å². The minimum atomic E-state index is -3.69. The SMILES string of the molecule is CC(c1ccc(S(N)(=O)=O)cc1)N(C)C(=O)C1CCCNC1. The van der Waals surface area contributed by atoms with Gasteiger partial charge in [0.15, 0.2) is 0 Å². The molecule has 122 valence electrons. The average Bonchev–Trinajstić information content (AvgIpc) is 2.53. The number of rotatable bonds is 4. The molecule has 1 aliphatic rings. The maximum atomic E-state index is 12.5. The number of primary sulfonamides is 1. The standard InChI is InChI=1S/C15H23N3O3S/c1-11(12-5-7-14(8-6-12)22(16,20)21)18(2)15(19)13-4-3-9-17-10-13/h5-8,11,13,17H,3-4,9-10H2,1-2H3,(H2,16,20,21). The molecule has 7 heteroatoms. The third-order valence-electron chi connectivity index (χ3n) is 4.27. The van der Waals surface area contributed by atoms with Crippen LogP contribution in [0.5, 0.6) is 0 Å². The minimum absolute atomic E-state index is 0.0184. The number of sulfonamides is 1. The Morgan fingerprint density at radius 1 is 1.36 bits per heavy atom. The van der Waals surface area contributed by atoms with Gasteiger partial charge < -0.3 is 10.2 Å². The number of nitrogens with one attached hydrogen (secondary N) is 1. The van der Waals surface area contributed by atoms with Crippen LogP contribution in [0.1, 0.15) is 31.4 Å². The van der Waals surface area contributed by atoms with Gasteiger partial charge in [-0.05, 0) is 44.0 Å². The van der Waals surface area contributed by atoms with Crippen LogP contribution in [0.4, 0.5) is 0 Å². The highest BCUT2D eigenvalue weighted by Crippen LogP contribution is 2.23. The maximum Gasteiger partial charge on any atom is 0.238 e. The number of amides is 1. The number of nitrogens with zero attached hydrogens (tertiary/aromatic N) is 1. The van der Waals surface area contributed by atoms with Gasteiger partial charge in [-0.15, -0.1) is 0 Å². The summed E-state index contributed by atoms with van der Waals surface area (Å²) >= 11 is 0. The van der Waals surface area contributed by atoms with Crippen LogP contribution >= 0.6 is 0 Å². The summed E-state index contributed by atoms with van der Waals surface area (Å²) in [6.07, 6.45) is 1.93. The number of piperidine rings is 1. The third-order valence-corrected chi connectivity index (χ3v) is 5.19. The Labute approximate surface area is 131 Å². The van der Waals surface area contributed by atoms with Crippen molar-refractivity contribution in [1.82, 2.24) is 10.2 Å². The Balaban J connectivity index is 2.09. The Morgan fingerprint density at radius 3 is 2.50 bits per heavy atom. The van der Waals surface area contributed by atoms with Gasteiger partial charge in [0.25, 0.3) is 0 Å². The second kappa shape index (κ2) is 6.76. The van der Waals surface area contributed by atoms with Gasteiger partial charge >= 0.3 is 0 Å². The van der Waals surface area contributed by atoms with E-state index < -0.39 is 10.0 Å². The molecule has 0 aliphatic carbocycles. The second-order valence-corrected chi connectivity index (χ2v) is 7.34. The van der Waals surface area contributed by atoms with E-state index in [1.54, 1.807) is 24.1 Å². The van der Waals surface area contributed by atoms with Crippen LogP contribution < -0.4 is 10.5 Å². The molecule has 0 aromatic heterocycles. The van der Waals surface area contributed by atoms with Crippen molar-refractivity contribution in [2.24, 2.45) is 11.1 Å². The molecule has 2 rings (SSSR count). The highest BCUT2D eigenvalue weighted by Gasteiger charge is 2.27. The maximum absolute atomic E-state index is 12.5. The van der Waals surface area contributed by atoms with Gasteiger partial charge in [0.05, 0.1) is 16.9 Å². The fourth-order valence-corrected chi connectivity index (χ4v) is 3.22. The number of benzene rings is 1. The van der Waals surface area contributed by atoms with Gasteiger partial charge in [0.1, 0.15) is 0 Å². The number of hydrogen-bond acceptors (Lipinski definition) is 4. The molecule has 0 spiro atoms. The van der Waals surface area contributed by atoms with Gasteiger partial charge in [-0.1, -0.05) is 12.1 Å². The molecule has 1 amide bonds. The average molecular weight is 325 g/mol. The molecule has 1 aliphatic heterocycles. The van der Waals surface area contributed by atoms with Crippen molar-refractivity contribution >= 4 is 15.9 Å². The van der Waals surface area contributed by atoms with Crippen molar-refractivity contribution in [3.63, 3.8) is 0 Å². The quantitative estimate of drug-likeness (QED) is 0.858. The first-order valence-electron chi connectivity index (χ1n) is 7.41. The van der Waals surface area contributed by atoms with E-state index in [1.165, 1.54) is 12.1 Å². The van der Waals surface area contributed by atoms with E-state index in [-0.39, 0.29) is 22.8 Å². The normalized spacial score (nSPS) is 20.4. The lowest BCUT2D eigenvalue weighted by molar-refractivity contribution is -0.136. The fourth-order valence-electron chi connectivity index (χ4n) is 2.70. The molecule has 1 fully saturated rings. The summed E-state index contributed by atoms with van der Waals surface area (Å²) in [5.41, 5.74) is 0.881. The number of carbonyl (C=O) groups excluding carboxylic acids is 1. The van der Waals surface area contributed by atoms with Crippen molar-refractivity contribution in [2.75, 3.05) is 20.1 Å². The molecular formula is C15H23N3O3S. The monoisotopic (exact) mass is 325 g/mol. The van der Waals surface area contributed by atoms with Crippen LogP contribution in [0.25, 0.3) is 0 Å². The first-order chi connectivity index (χ1) is 10.3. The number of nitrogens with two attached hydrogens (primary N) is 1. The molecule has 0 bridgehead atoms. The second-order valence-electron chi connectivity index (χ2n) is 5.78. The first kappa shape index (κ1) is 16.9. The van der Waals surface area contributed by atoms with E-state index in [0.717, 1.165) is 31.5 Å². The van der Waals surface area contributed by atoms with Gasteiger partial charge in [-0.2, -0.15) is 0 Å². The molecule has 1 saturated heterocycles. The van der Waals surface area contributed by atoms with Crippen LogP contribution in [0.3, 0.4) is 0 Å². The smallest absolute Gasteiger partial charge is 0.238 e. The summed E-state index contributed by atoms with van der Waals surface area (Å²) in [5, 5.41) is 8.33. The number of carbonyl (C=O) groups is 1. The molecule has 6 nitrogen and oxygen atoms in total. The molecule has 1 heterocycles. The van der Waals surface area contributed by atoms with E-state index in [2.05, 4.69) is 5.32 Å². The van der Waals surface area contributed by atoms with Crippen LogP contribution in [0.15, 0.2) is 29.2 Å². The molecule has 2 unspecified atom stereocenters. The largest absolute Gasteiger partial charge is 0.339 e. The summed E-state index contributed by atoms with van der Waals surface area (Å²) in [7, 11) is -1.90. The van der Waals surface area contributed by atoms with Crippen molar-refractivity contribution in [1.29, 1.82) is 0 Å². The zero-order valence-electron chi connectivity index (χ0n) is 13.0. The van der Waals surface area contributed by atoms with Gasteiger partial charge in [0.2, 0.25) is 15.9 Å². The molecule has 0 radical (unpaired) electrons. The minimum Gasteiger partial charge on any atom is -0.339 e. The van der Waals surface area contributed by atoms with Gasteiger partial charge in [-0.25, -0.2) is 13.6 Å². The Bertz CT molecular complexity index is 622. The van der Waals surface area contributed by atoms with Crippen molar-refractivity contribution < 1.29 is 13.2 Å². The molecule has 1 aromatic carbocycles. The predicted molar refractivity (Wildman–Crippen MR) is 84.6 cm³/mol.